The molecule has 1 atom stereocenters. The Morgan fingerprint density at radius 1 is 1.24 bits per heavy atom. The van der Waals surface area contributed by atoms with Crippen LogP contribution in [0.1, 0.15) is 36.4 Å². The largest absolute Gasteiger partial charge is 0.381 e. The standard InChI is InChI=1S/C22H28N4O3/c1-25(2)21-23-18(14-19(27)24-21)16-8-11-26(15-16)20(28)22(9-12-29-13-10-22)17-6-4-3-5-7-17/h3-7,14,16H,8-13,15H2,1-2H3,(H,23,24,27). The fourth-order valence-corrected chi connectivity index (χ4v) is 4.48. The molecule has 0 spiro atoms. The zero-order valence-electron chi connectivity index (χ0n) is 17.1. The molecule has 1 unspecified atom stereocenters. The molecule has 1 N–H and O–H groups in total. The molecule has 3 heterocycles. The number of carbonyl (C=O) groups excluding carboxylic acids is 1. The van der Waals surface area contributed by atoms with Crippen molar-refractivity contribution >= 4 is 11.9 Å². The van der Waals surface area contributed by atoms with E-state index < -0.39 is 5.41 Å². The summed E-state index contributed by atoms with van der Waals surface area (Å²) in [7, 11) is 3.70. The Balaban J connectivity index is 1.58. The third kappa shape index (κ3) is 3.79. The van der Waals surface area contributed by atoms with Crippen molar-refractivity contribution < 1.29 is 9.53 Å². The van der Waals surface area contributed by atoms with Gasteiger partial charge in [0.1, 0.15) is 0 Å². The molecule has 2 aliphatic rings. The topological polar surface area (TPSA) is 78.5 Å². The summed E-state index contributed by atoms with van der Waals surface area (Å²) in [6, 6.07) is 11.6. The quantitative estimate of drug-likeness (QED) is 0.854. The van der Waals surface area contributed by atoms with E-state index in [1.165, 1.54) is 0 Å². The summed E-state index contributed by atoms with van der Waals surface area (Å²) in [5.74, 6) is 0.794. The molecule has 154 valence electrons. The molecule has 7 nitrogen and oxygen atoms in total. The zero-order valence-corrected chi connectivity index (χ0v) is 17.1. The number of rotatable bonds is 4. The highest BCUT2D eigenvalue weighted by molar-refractivity contribution is 5.88. The number of nitrogens with zero attached hydrogens (tertiary/aromatic N) is 3. The molecule has 7 heteroatoms. The van der Waals surface area contributed by atoms with Gasteiger partial charge in [0.15, 0.2) is 0 Å². The maximum Gasteiger partial charge on any atom is 0.252 e. The van der Waals surface area contributed by atoms with Gasteiger partial charge in [0.05, 0.1) is 11.1 Å². The Hall–Kier alpha value is -2.67. The van der Waals surface area contributed by atoms with Gasteiger partial charge < -0.3 is 14.5 Å². The van der Waals surface area contributed by atoms with E-state index in [0.717, 1.165) is 17.7 Å². The van der Waals surface area contributed by atoms with Gasteiger partial charge in [-0.05, 0) is 24.8 Å². The van der Waals surface area contributed by atoms with Gasteiger partial charge in [0.25, 0.3) is 5.56 Å². The number of likely N-dealkylation sites (tertiary alicyclic amines) is 1. The van der Waals surface area contributed by atoms with Crippen LogP contribution in [0.5, 0.6) is 0 Å². The van der Waals surface area contributed by atoms with Gasteiger partial charge in [0.2, 0.25) is 11.9 Å². The van der Waals surface area contributed by atoms with Crippen LogP contribution >= 0.6 is 0 Å². The first-order valence-electron chi connectivity index (χ1n) is 10.2. The highest BCUT2D eigenvalue weighted by atomic mass is 16.5. The molecule has 29 heavy (non-hydrogen) atoms. The van der Waals surface area contributed by atoms with E-state index in [-0.39, 0.29) is 17.4 Å². The predicted octanol–water partition coefficient (Wildman–Crippen LogP) is 1.90. The summed E-state index contributed by atoms with van der Waals surface area (Å²) in [4.78, 5) is 36.9. The van der Waals surface area contributed by atoms with Crippen molar-refractivity contribution in [2.75, 3.05) is 45.3 Å². The van der Waals surface area contributed by atoms with Gasteiger partial charge in [-0.25, -0.2) is 4.98 Å². The van der Waals surface area contributed by atoms with Crippen LogP contribution in [-0.2, 0) is 14.9 Å². The summed E-state index contributed by atoms with van der Waals surface area (Å²) >= 11 is 0. The number of hydrogen-bond donors (Lipinski definition) is 1. The number of aromatic nitrogens is 2. The third-order valence-corrected chi connectivity index (χ3v) is 6.15. The number of ether oxygens (including phenoxy) is 1. The second-order valence-corrected chi connectivity index (χ2v) is 8.19. The molecule has 1 aromatic heterocycles. The maximum absolute atomic E-state index is 13.7. The Kier molecular flexibility index (Phi) is 5.41. The Labute approximate surface area is 170 Å². The molecule has 2 fully saturated rings. The first kappa shape index (κ1) is 19.6. The number of carbonyl (C=O) groups is 1. The van der Waals surface area contributed by atoms with Crippen molar-refractivity contribution in [3.05, 3.63) is 58.0 Å². The number of anilines is 1. The molecule has 2 aromatic rings. The first-order chi connectivity index (χ1) is 14.0. The second-order valence-electron chi connectivity index (χ2n) is 8.19. The number of hydrogen-bond acceptors (Lipinski definition) is 5. The molecular formula is C22H28N4O3. The van der Waals surface area contributed by atoms with Crippen LogP contribution in [-0.4, -0.2) is 61.2 Å². The Morgan fingerprint density at radius 2 is 1.97 bits per heavy atom. The highest BCUT2D eigenvalue weighted by Gasteiger charge is 2.45. The molecule has 0 aliphatic carbocycles. The van der Waals surface area contributed by atoms with E-state index >= 15 is 0 Å². The molecule has 2 aliphatic heterocycles. The second kappa shape index (κ2) is 7.99. The number of amides is 1. The van der Waals surface area contributed by atoms with Crippen LogP contribution < -0.4 is 10.5 Å². The minimum atomic E-state index is -0.523. The summed E-state index contributed by atoms with van der Waals surface area (Å²) in [5.41, 5.74) is 1.15. The summed E-state index contributed by atoms with van der Waals surface area (Å²) < 4.78 is 5.57. The van der Waals surface area contributed by atoms with E-state index in [2.05, 4.69) is 22.1 Å². The van der Waals surface area contributed by atoms with E-state index in [1.54, 1.807) is 11.0 Å². The molecule has 2 saturated heterocycles. The Bertz CT molecular complexity index is 919. The normalized spacial score (nSPS) is 21.2. The number of H-pyrrole nitrogens is 1. The van der Waals surface area contributed by atoms with E-state index in [9.17, 15) is 9.59 Å². The Morgan fingerprint density at radius 3 is 2.66 bits per heavy atom. The zero-order chi connectivity index (χ0) is 20.4. The van der Waals surface area contributed by atoms with Crippen molar-refractivity contribution in [2.24, 2.45) is 0 Å². The average Bonchev–Trinajstić information content (AvgIpc) is 3.24. The lowest BCUT2D eigenvalue weighted by atomic mass is 9.73. The van der Waals surface area contributed by atoms with E-state index in [4.69, 9.17) is 4.74 Å². The maximum atomic E-state index is 13.7. The summed E-state index contributed by atoms with van der Waals surface area (Å²) in [6.07, 6.45) is 2.21. The molecule has 1 amide bonds. The first-order valence-corrected chi connectivity index (χ1v) is 10.2. The van der Waals surface area contributed by atoms with Crippen LogP contribution in [0.4, 0.5) is 5.95 Å². The van der Waals surface area contributed by atoms with Crippen molar-refractivity contribution in [2.45, 2.75) is 30.6 Å². The number of aromatic amines is 1. The van der Waals surface area contributed by atoms with Crippen LogP contribution in [0.15, 0.2) is 41.2 Å². The lowest BCUT2D eigenvalue weighted by Gasteiger charge is -2.39. The van der Waals surface area contributed by atoms with E-state index in [0.29, 0.717) is 45.1 Å². The van der Waals surface area contributed by atoms with Crippen molar-refractivity contribution in [3.8, 4) is 0 Å². The van der Waals surface area contributed by atoms with Crippen LogP contribution in [0.3, 0.4) is 0 Å². The predicted molar refractivity (Wildman–Crippen MR) is 111 cm³/mol. The molecule has 4 rings (SSSR count). The molecule has 0 radical (unpaired) electrons. The van der Waals surface area contributed by atoms with Crippen LogP contribution in [0.2, 0.25) is 0 Å². The average molecular weight is 396 g/mol. The lowest BCUT2D eigenvalue weighted by molar-refractivity contribution is -0.140. The van der Waals surface area contributed by atoms with Gasteiger partial charge in [-0.3, -0.25) is 14.6 Å². The highest BCUT2D eigenvalue weighted by Crippen LogP contribution is 2.39. The lowest BCUT2D eigenvalue weighted by Crippen LogP contribution is -2.49. The SMILES string of the molecule is CN(C)c1nc(C2CCN(C(=O)C3(c4ccccc4)CCOCC3)C2)cc(=O)[nH]1. The van der Waals surface area contributed by atoms with Gasteiger partial charge in [-0.2, -0.15) is 0 Å². The smallest absolute Gasteiger partial charge is 0.252 e. The van der Waals surface area contributed by atoms with Crippen molar-refractivity contribution in [1.29, 1.82) is 0 Å². The summed E-state index contributed by atoms with van der Waals surface area (Å²) in [5, 5.41) is 0. The van der Waals surface area contributed by atoms with Crippen LogP contribution in [0, 0.1) is 0 Å². The summed E-state index contributed by atoms with van der Waals surface area (Å²) in [6.45, 7) is 2.47. The number of benzene rings is 1. The minimum Gasteiger partial charge on any atom is -0.381 e. The van der Waals surface area contributed by atoms with Crippen molar-refractivity contribution in [1.82, 2.24) is 14.9 Å². The third-order valence-electron chi connectivity index (χ3n) is 6.15. The number of nitrogens with one attached hydrogen (secondary N) is 1. The van der Waals surface area contributed by atoms with Crippen LogP contribution in [0.25, 0.3) is 0 Å². The van der Waals surface area contributed by atoms with Gasteiger partial charge in [0, 0.05) is 52.4 Å². The molecule has 1 aromatic carbocycles. The fraction of sp³-hybridized carbons (Fsp3) is 0.500. The van der Waals surface area contributed by atoms with Gasteiger partial charge >= 0.3 is 0 Å². The molecule has 0 saturated carbocycles. The van der Waals surface area contributed by atoms with Gasteiger partial charge in [-0.1, -0.05) is 30.3 Å². The van der Waals surface area contributed by atoms with Crippen molar-refractivity contribution in [3.63, 3.8) is 0 Å². The molecule has 0 bridgehead atoms. The molecular weight excluding hydrogens is 368 g/mol. The fourth-order valence-electron chi connectivity index (χ4n) is 4.48. The minimum absolute atomic E-state index is 0.0765. The van der Waals surface area contributed by atoms with Gasteiger partial charge in [-0.15, -0.1) is 0 Å². The monoisotopic (exact) mass is 396 g/mol. The van der Waals surface area contributed by atoms with E-state index in [1.807, 2.05) is 37.2 Å².